The van der Waals surface area contributed by atoms with Gasteiger partial charge in [0.1, 0.15) is 12.5 Å². The molecule has 2 aromatic carbocycles. The molecular weight excluding hydrogens is 460 g/mol. The number of amides is 2. The van der Waals surface area contributed by atoms with Crippen molar-refractivity contribution in [2.24, 2.45) is 10.9 Å². The first-order valence-corrected chi connectivity index (χ1v) is 11.4. The molecule has 9 heteroatoms. The van der Waals surface area contributed by atoms with Gasteiger partial charge in [-0.3, -0.25) is 9.78 Å². The number of carbonyl (C=O) groups excluding carboxylic acids is 2. The van der Waals surface area contributed by atoms with Gasteiger partial charge in [-0.1, -0.05) is 24.3 Å². The molecule has 0 radical (unpaired) electrons. The number of hydrogen-bond donors (Lipinski definition) is 1. The molecule has 2 amide bonds. The van der Waals surface area contributed by atoms with E-state index in [0.717, 1.165) is 5.56 Å². The molecule has 2 aliphatic heterocycles. The van der Waals surface area contributed by atoms with Crippen LogP contribution in [-0.4, -0.2) is 29.5 Å². The third kappa shape index (κ3) is 5.03. The van der Waals surface area contributed by atoms with Gasteiger partial charge in [-0.05, 0) is 59.9 Å². The van der Waals surface area contributed by atoms with Crippen LogP contribution in [-0.2, 0) is 22.6 Å². The van der Waals surface area contributed by atoms with Crippen molar-refractivity contribution in [2.45, 2.75) is 25.5 Å². The Balaban J connectivity index is 1.38. The number of fused-ring (bicyclic) bond motifs is 1. The van der Waals surface area contributed by atoms with Gasteiger partial charge in [-0.15, -0.1) is 0 Å². The highest BCUT2D eigenvalue weighted by atomic mass is 16.7. The van der Waals surface area contributed by atoms with Crippen LogP contribution in [0.4, 0.5) is 4.79 Å². The zero-order valence-corrected chi connectivity index (χ0v) is 19.2. The van der Waals surface area contributed by atoms with Crippen LogP contribution < -0.4 is 14.8 Å². The van der Waals surface area contributed by atoms with Gasteiger partial charge in [0.2, 0.25) is 6.79 Å². The van der Waals surface area contributed by atoms with Crippen LogP contribution in [0.5, 0.6) is 11.5 Å². The van der Waals surface area contributed by atoms with E-state index >= 15 is 0 Å². The van der Waals surface area contributed by atoms with Crippen LogP contribution in [0, 0.1) is 17.2 Å². The number of aryl methyl sites for hydroxylation is 1. The lowest BCUT2D eigenvalue weighted by atomic mass is 9.86. The van der Waals surface area contributed by atoms with Gasteiger partial charge in [-0.25, -0.2) is 9.79 Å². The van der Waals surface area contributed by atoms with Gasteiger partial charge in [0.25, 0.3) is 0 Å². The van der Waals surface area contributed by atoms with E-state index in [-0.39, 0.29) is 13.4 Å². The smallest absolute Gasteiger partial charge is 0.341 e. The summed E-state index contributed by atoms with van der Waals surface area (Å²) in [6, 6.07) is 17.0. The number of carbonyl (C=O) groups is 2. The van der Waals surface area contributed by atoms with E-state index in [1.54, 1.807) is 48.8 Å². The largest absolute Gasteiger partial charge is 0.460 e. The van der Waals surface area contributed by atoms with Crippen molar-refractivity contribution in [1.29, 1.82) is 5.26 Å². The van der Waals surface area contributed by atoms with Gasteiger partial charge in [0, 0.05) is 18.1 Å². The summed E-state index contributed by atoms with van der Waals surface area (Å²) in [5.74, 6) is 0.00188. The Hall–Kier alpha value is -4.71. The number of aromatic nitrogens is 1. The lowest BCUT2D eigenvalue weighted by molar-refractivity contribution is -0.148. The molecule has 180 valence electrons. The van der Waals surface area contributed by atoms with Crippen molar-refractivity contribution < 1.29 is 23.8 Å². The number of nitriles is 1. The standard InChI is InChI=1S/C27H22N4O5/c28-13-18-3-1-4-19(11-18)15-34-26(32)24-21(8-6-17-7-9-22-23(12-17)36-16-35-22)30-27(33)31-25(24)20-5-2-10-29-14-20/h1-5,7,9-12,14,24-25H,6,8,15-16H2,(H,31,33). The van der Waals surface area contributed by atoms with Gasteiger partial charge >= 0.3 is 12.0 Å². The maximum absolute atomic E-state index is 13.4. The van der Waals surface area contributed by atoms with E-state index in [9.17, 15) is 9.59 Å². The molecule has 36 heavy (non-hydrogen) atoms. The fraction of sp³-hybridized carbons (Fsp3) is 0.222. The van der Waals surface area contributed by atoms with Crippen molar-refractivity contribution in [1.82, 2.24) is 10.3 Å². The highest BCUT2D eigenvalue weighted by Gasteiger charge is 2.39. The van der Waals surface area contributed by atoms with Crippen LogP contribution in [0.15, 0.2) is 72.0 Å². The maximum Gasteiger partial charge on any atom is 0.341 e. The van der Waals surface area contributed by atoms with Crippen LogP contribution in [0.1, 0.15) is 34.7 Å². The number of rotatable bonds is 7. The lowest BCUT2D eigenvalue weighted by Gasteiger charge is -2.31. The van der Waals surface area contributed by atoms with E-state index in [4.69, 9.17) is 19.5 Å². The highest BCUT2D eigenvalue weighted by Crippen LogP contribution is 2.34. The average Bonchev–Trinajstić information content (AvgIpc) is 3.39. The van der Waals surface area contributed by atoms with Crippen LogP contribution >= 0.6 is 0 Å². The number of nitrogens with one attached hydrogen (secondary N) is 1. The minimum absolute atomic E-state index is 0.00595. The Morgan fingerprint density at radius 1 is 1.08 bits per heavy atom. The summed E-state index contributed by atoms with van der Waals surface area (Å²) in [5, 5.41) is 11.9. The predicted molar refractivity (Wildman–Crippen MR) is 128 cm³/mol. The molecule has 3 heterocycles. The monoisotopic (exact) mass is 482 g/mol. The molecule has 0 spiro atoms. The van der Waals surface area contributed by atoms with E-state index in [0.29, 0.717) is 46.7 Å². The van der Waals surface area contributed by atoms with Crippen molar-refractivity contribution in [3.63, 3.8) is 0 Å². The molecular formula is C27H22N4O5. The molecule has 0 bridgehead atoms. The lowest BCUT2D eigenvalue weighted by Crippen LogP contribution is -2.45. The maximum atomic E-state index is 13.4. The number of nitrogens with zero attached hydrogens (tertiary/aromatic N) is 3. The van der Waals surface area contributed by atoms with Crippen molar-refractivity contribution >= 4 is 17.7 Å². The second-order valence-electron chi connectivity index (χ2n) is 8.40. The summed E-state index contributed by atoms with van der Waals surface area (Å²) < 4.78 is 16.5. The fourth-order valence-corrected chi connectivity index (χ4v) is 4.30. The molecule has 0 fully saturated rings. The molecule has 0 saturated carbocycles. The van der Waals surface area contributed by atoms with Gasteiger partial charge in [0.15, 0.2) is 11.5 Å². The van der Waals surface area contributed by atoms with Crippen LogP contribution in [0.25, 0.3) is 0 Å². The Morgan fingerprint density at radius 3 is 2.81 bits per heavy atom. The number of hydrogen-bond acceptors (Lipinski definition) is 7. The molecule has 9 nitrogen and oxygen atoms in total. The normalized spacial score (nSPS) is 18.1. The number of benzene rings is 2. The number of esters is 1. The van der Waals surface area contributed by atoms with E-state index in [1.165, 1.54) is 0 Å². The number of urea groups is 1. The second-order valence-corrected chi connectivity index (χ2v) is 8.40. The molecule has 0 saturated heterocycles. The minimum atomic E-state index is -0.833. The van der Waals surface area contributed by atoms with E-state index < -0.39 is 24.0 Å². The summed E-state index contributed by atoms with van der Waals surface area (Å²) in [4.78, 5) is 34.2. The second kappa shape index (κ2) is 10.3. The van der Waals surface area contributed by atoms with Crippen LogP contribution in [0.3, 0.4) is 0 Å². The Kier molecular flexibility index (Phi) is 6.58. The number of pyridine rings is 1. The van der Waals surface area contributed by atoms with Crippen molar-refractivity contribution in [2.75, 3.05) is 6.79 Å². The topological polar surface area (TPSA) is 123 Å². The van der Waals surface area contributed by atoms with Gasteiger partial charge in [-0.2, -0.15) is 5.26 Å². The Morgan fingerprint density at radius 2 is 1.97 bits per heavy atom. The molecule has 0 aliphatic carbocycles. The average molecular weight is 482 g/mol. The SMILES string of the molecule is N#Cc1cccc(COC(=O)C2C(CCc3ccc4c(c3)OCO4)=NC(=O)NC2c2cccnc2)c1. The summed E-state index contributed by atoms with van der Waals surface area (Å²) in [6.45, 7) is 0.178. The Bertz CT molecular complexity index is 1370. The summed E-state index contributed by atoms with van der Waals surface area (Å²) >= 11 is 0. The first-order chi connectivity index (χ1) is 17.6. The summed E-state index contributed by atoms with van der Waals surface area (Å²) in [5.41, 5.74) is 3.24. The summed E-state index contributed by atoms with van der Waals surface area (Å²) in [7, 11) is 0. The zero-order valence-electron chi connectivity index (χ0n) is 19.2. The zero-order chi connectivity index (χ0) is 24.9. The third-order valence-electron chi connectivity index (χ3n) is 6.06. The minimum Gasteiger partial charge on any atom is -0.460 e. The first kappa shape index (κ1) is 23.1. The van der Waals surface area contributed by atoms with Gasteiger partial charge in [0.05, 0.1) is 17.7 Å². The van der Waals surface area contributed by atoms with Crippen molar-refractivity contribution in [3.05, 3.63) is 89.2 Å². The molecule has 1 aromatic heterocycles. The summed E-state index contributed by atoms with van der Waals surface area (Å²) in [6.07, 6.45) is 4.14. The quantitative estimate of drug-likeness (QED) is 0.507. The van der Waals surface area contributed by atoms with E-state index in [2.05, 4.69) is 21.4 Å². The van der Waals surface area contributed by atoms with E-state index in [1.807, 2.05) is 18.2 Å². The van der Waals surface area contributed by atoms with Crippen LogP contribution in [0.2, 0.25) is 0 Å². The van der Waals surface area contributed by atoms with Crippen molar-refractivity contribution in [3.8, 4) is 17.6 Å². The molecule has 5 rings (SSSR count). The molecule has 2 atom stereocenters. The van der Waals surface area contributed by atoms with Gasteiger partial charge < -0.3 is 19.5 Å². The number of ether oxygens (including phenoxy) is 3. The molecule has 2 unspecified atom stereocenters. The third-order valence-corrected chi connectivity index (χ3v) is 6.06. The Labute approximate surface area is 207 Å². The molecule has 3 aromatic rings. The molecule has 2 aliphatic rings. The molecule has 1 N–H and O–H groups in total. The first-order valence-electron chi connectivity index (χ1n) is 11.4. The fourth-order valence-electron chi connectivity index (χ4n) is 4.30. The number of aliphatic imine (C=N–C) groups is 1. The predicted octanol–water partition coefficient (Wildman–Crippen LogP) is 3.88. The highest BCUT2D eigenvalue weighted by molar-refractivity contribution is 6.09.